The average molecular weight is 325 g/mol. The van der Waals surface area contributed by atoms with Gasteiger partial charge in [-0.05, 0) is 6.07 Å². The van der Waals surface area contributed by atoms with Gasteiger partial charge in [0.1, 0.15) is 5.52 Å². The molecular weight excluding hydrogens is 315 g/mol. The summed E-state index contributed by atoms with van der Waals surface area (Å²) in [6.07, 6.45) is 4.71. The molecule has 24 heavy (non-hydrogen) atoms. The van der Waals surface area contributed by atoms with Crippen LogP contribution >= 0.6 is 0 Å². The minimum atomic E-state index is -1.05. The Morgan fingerprint density at radius 2 is 1.71 bits per heavy atom. The summed E-state index contributed by atoms with van der Waals surface area (Å²) in [6, 6.07) is 11.1. The van der Waals surface area contributed by atoms with E-state index >= 15 is 0 Å². The number of carboxylic acid groups (broad SMARTS) is 1. The van der Waals surface area contributed by atoms with Crippen molar-refractivity contribution in [2.45, 2.75) is 0 Å². The molecule has 2 aromatic carbocycles. The van der Waals surface area contributed by atoms with Crippen molar-refractivity contribution in [3.63, 3.8) is 0 Å². The fourth-order valence-electron chi connectivity index (χ4n) is 2.65. The maximum Gasteiger partial charge on any atom is 0.338 e. The molecule has 0 spiro atoms. The molecule has 0 aliphatic carbocycles. The Kier molecular flexibility index (Phi) is 4.53. The summed E-state index contributed by atoms with van der Waals surface area (Å²) in [5.41, 5.74) is 2.62. The van der Waals surface area contributed by atoms with E-state index in [2.05, 4.69) is 20.2 Å². The number of aromatic nitrogens is 4. The predicted molar refractivity (Wildman–Crippen MR) is 90.8 cm³/mol. The number of fused-ring (bicyclic) bond motifs is 3. The summed E-state index contributed by atoms with van der Waals surface area (Å²) in [7, 11) is 0. The third-order valence-electron chi connectivity index (χ3n) is 3.66. The molecule has 0 saturated carbocycles. The molecule has 111 valence electrons. The second-order valence-corrected chi connectivity index (χ2v) is 5.00. The monoisotopic (exact) mass is 325 g/mol. The van der Waals surface area contributed by atoms with Gasteiger partial charge < -0.3 is 5.11 Å². The van der Waals surface area contributed by atoms with Crippen molar-refractivity contribution < 1.29 is 9.90 Å². The normalized spacial score (nSPS) is 10.5. The van der Waals surface area contributed by atoms with Gasteiger partial charge >= 0.3 is 5.97 Å². The van der Waals surface area contributed by atoms with Gasteiger partial charge in [0, 0.05) is 58.3 Å². The maximum atomic E-state index is 11.6. The van der Waals surface area contributed by atoms with E-state index in [4.69, 9.17) is 0 Å². The third kappa shape index (κ3) is 2.65. The van der Waals surface area contributed by atoms with E-state index in [0.717, 1.165) is 5.56 Å². The third-order valence-corrected chi connectivity index (χ3v) is 3.66. The van der Waals surface area contributed by atoms with Gasteiger partial charge in [-0.15, -0.1) is 5.10 Å². The van der Waals surface area contributed by atoms with E-state index in [1.807, 2.05) is 30.3 Å². The van der Waals surface area contributed by atoms with Crippen LogP contribution in [0.2, 0.25) is 0 Å². The Morgan fingerprint density at radius 1 is 0.958 bits per heavy atom. The van der Waals surface area contributed by atoms with E-state index in [-0.39, 0.29) is 35.1 Å². The molecular formula is C17H10N4NaO2. The number of nitrogens with zero attached hydrogens (tertiary/aromatic N) is 4. The summed E-state index contributed by atoms with van der Waals surface area (Å²) >= 11 is 0. The number of carboxylic acids is 1. The molecule has 0 saturated heterocycles. The molecule has 4 rings (SSSR count). The minimum Gasteiger partial charge on any atom is -0.478 e. The van der Waals surface area contributed by atoms with Gasteiger partial charge in [-0.2, -0.15) is 5.10 Å². The Morgan fingerprint density at radius 3 is 2.46 bits per heavy atom. The molecule has 0 atom stereocenters. The van der Waals surface area contributed by atoms with E-state index < -0.39 is 5.97 Å². The first-order chi connectivity index (χ1) is 11.3. The second kappa shape index (κ2) is 6.60. The number of aromatic carboxylic acids is 1. The topological polar surface area (TPSA) is 88.9 Å². The molecule has 2 aromatic heterocycles. The van der Waals surface area contributed by atoms with Crippen molar-refractivity contribution in [2.24, 2.45) is 0 Å². The first kappa shape index (κ1) is 16.4. The molecule has 0 unspecified atom stereocenters. The molecule has 2 heterocycles. The van der Waals surface area contributed by atoms with Crippen LogP contribution in [0.1, 0.15) is 10.4 Å². The molecule has 0 bridgehead atoms. The van der Waals surface area contributed by atoms with Crippen molar-refractivity contribution in [1.29, 1.82) is 0 Å². The number of carbonyl (C=O) groups is 1. The molecule has 0 aliphatic rings. The van der Waals surface area contributed by atoms with Gasteiger partial charge in [-0.3, -0.25) is 9.97 Å². The zero-order valence-corrected chi connectivity index (χ0v) is 14.8. The number of hydrogen-bond acceptors (Lipinski definition) is 5. The summed E-state index contributed by atoms with van der Waals surface area (Å²) in [5, 5.41) is 18.5. The molecule has 1 N–H and O–H groups in total. The Balaban J connectivity index is 0.00000169. The van der Waals surface area contributed by atoms with Gasteiger partial charge in [0.15, 0.2) is 0 Å². The van der Waals surface area contributed by atoms with E-state index in [1.165, 1.54) is 6.20 Å². The van der Waals surface area contributed by atoms with Crippen LogP contribution in [0.3, 0.4) is 0 Å². The van der Waals surface area contributed by atoms with Crippen molar-refractivity contribution >= 4 is 57.3 Å². The van der Waals surface area contributed by atoms with Crippen molar-refractivity contribution in [3.05, 3.63) is 60.6 Å². The fourth-order valence-corrected chi connectivity index (χ4v) is 2.65. The van der Waals surface area contributed by atoms with Crippen LogP contribution < -0.4 is 0 Å². The Bertz CT molecular complexity index is 1050. The predicted octanol–water partition coefficient (Wildman–Crippen LogP) is 2.56. The van der Waals surface area contributed by atoms with Crippen LogP contribution in [0.15, 0.2) is 55.0 Å². The van der Waals surface area contributed by atoms with Gasteiger partial charge in [0.05, 0.1) is 23.0 Å². The van der Waals surface area contributed by atoms with Crippen LogP contribution in [0.5, 0.6) is 0 Å². The SMILES string of the molecule is O=C(O)c1cc2c(-c3ccccc3)nccnc2c2cnnc12.[Na]. The van der Waals surface area contributed by atoms with Crippen molar-refractivity contribution in [2.75, 3.05) is 0 Å². The zero-order valence-electron chi connectivity index (χ0n) is 12.8. The summed E-state index contributed by atoms with van der Waals surface area (Å²) in [4.78, 5) is 20.4. The minimum absolute atomic E-state index is 0. The molecule has 1 radical (unpaired) electrons. The van der Waals surface area contributed by atoms with Crippen molar-refractivity contribution in [3.8, 4) is 11.3 Å². The molecule has 6 nitrogen and oxygen atoms in total. The molecule has 0 aliphatic heterocycles. The average Bonchev–Trinajstić information content (AvgIpc) is 2.95. The molecule has 4 aromatic rings. The quantitative estimate of drug-likeness (QED) is 0.570. The zero-order chi connectivity index (χ0) is 15.8. The van der Waals surface area contributed by atoms with Crippen LogP contribution in [0, 0.1) is 0 Å². The number of rotatable bonds is 2. The van der Waals surface area contributed by atoms with Gasteiger partial charge in [-0.1, -0.05) is 30.3 Å². The molecule has 0 amide bonds. The number of hydrogen-bond donors (Lipinski definition) is 1. The Hall–Kier alpha value is -2.41. The molecule has 0 fully saturated rings. The fraction of sp³-hybridized carbons (Fsp3) is 0. The van der Waals surface area contributed by atoms with Gasteiger partial charge in [0.25, 0.3) is 0 Å². The smallest absolute Gasteiger partial charge is 0.338 e. The van der Waals surface area contributed by atoms with E-state index in [0.29, 0.717) is 27.5 Å². The van der Waals surface area contributed by atoms with Crippen LogP contribution in [-0.4, -0.2) is 60.8 Å². The molecule has 7 heteroatoms. The summed E-state index contributed by atoms with van der Waals surface area (Å²) in [6.45, 7) is 0. The van der Waals surface area contributed by atoms with Crippen LogP contribution in [-0.2, 0) is 0 Å². The number of benzene rings is 2. The standard InChI is InChI=1S/C17H10N4O2.Na/c22-17(23)12-8-11-14(10-4-2-1-3-5-10)18-6-7-19-15(11)13-9-20-21-16(12)13;/h1-9H,(H,22,23);. The second-order valence-electron chi connectivity index (χ2n) is 5.00. The first-order valence-corrected chi connectivity index (χ1v) is 6.93. The van der Waals surface area contributed by atoms with Crippen LogP contribution in [0.4, 0.5) is 0 Å². The maximum absolute atomic E-state index is 11.6. The van der Waals surface area contributed by atoms with E-state index in [1.54, 1.807) is 18.5 Å². The van der Waals surface area contributed by atoms with Gasteiger partial charge in [0.2, 0.25) is 0 Å². The summed E-state index contributed by atoms with van der Waals surface area (Å²) in [5.74, 6) is -1.05. The van der Waals surface area contributed by atoms with Gasteiger partial charge in [-0.25, -0.2) is 4.79 Å². The van der Waals surface area contributed by atoms with Crippen molar-refractivity contribution in [1.82, 2.24) is 20.2 Å². The van der Waals surface area contributed by atoms with Crippen LogP contribution in [0.25, 0.3) is 33.1 Å². The first-order valence-electron chi connectivity index (χ1n) is 6.93. The largest absolute Gasteiger partial charge is 0.478 e. The van der Waals surface area contributed by atoms with E-state index in [9.17, 15) is 9.90 Å². The summed E-state index contributed by atoms with van der Waals surface area (Å²) < 4.78 is 0. The Labute approximate surface area is 158 Å².